The Labute approximate surface area is 109 Å². The van der Waals surface area contributed by atoms with E-state index < -0.39 is 10.0 Å². The molecule has 6 heteroatoms. The molecule has 0 radical (unpaired) electrons. The molecule has 0 aliphatic heterocycles. The van der Waals surface area contributed by atoms with Gasteiger partial charge in [-0.15, -0.1) is 0 Å². The van der Waals surface area contributed by atoms with Gasteiger partial charge in [-0.2, -0.15) is 0 Å². The van der Waals surface area contributed by atoms with Gasteiger partial charge in [0.2, 0.25) is 10.0 Å². The molecule has 1 rings (SSSR count). The summed E-state index contributed by atoms with van der Waals surface area (Å²) in [5, 5.41) is 5.21. The summed E-state index contributed by atoms with van der Waals surface area (Å²) >= 11 is 0. The lowest BCUT2D eigenvalue weighted by atomic mass is 9.93. The average Bonchev–Trinajstić information content (AvgIpc) is 2.27. The van der Waals surface area contributed by atoms with Gasteiger partial charge in [0.15, 0.2) is 0 Å². The van der Waals surface area contributed by atoms with Crippen LogP contribution in [-0.4, -0.2) is 28.6 Å². The summed E-state index contributed by atoms with van der Waals surface area (Å²) in [5.74, 6) is 0. The van der Waals surface area contributed by atoms with Crippen molar-refractivity contribution in [2.75, 3.05) is 25.0 Å². The molecule has 0 aliphatic rings. The monoisotopic (exact) mass is 271 g/mol. The summed E-state index contributed by atoms with van der Waals surface area (Å²) in [5.41, 5.74) is 6.19. The molecular weight excluding hydrogens is 250 g/mol. The molecule has 1 aromatic carbocycles. The first kappa shape index (κ1) is 14.9. The van der Waals surface area contributed by atoms with Crippen LogP contribution < -0.4 is 15.8 Å². The minimum absolute atomic E-state index is 0.0970. The lowest BCUT2D eigenvalue weighted by Gasteiger charge is -2.31. The maximum atomic E-state index is 11.5. The number of para-hydroxylation sites is 1. The number of nitrogens with two attached hydrogens (primary N) is 2. The van der Waals surface area contributed by atoms with Crippen molar-refractivity contribution in [3.8, 4) is 0 Å². The molecule has 0 heterocycles. The smallest absolute Gasteiger partial charge is 0.240 e. The van der Waals surface area contributed by atoms with Crippen molar-refractivity contribution >= 4 is 15.7 Å². The van der Waals surface area contributed by atoms with E-state index in [0.717, 1.165) is 0 Å². The van der Waals surface area contributed by atoms with Crippen molar-refractivity contribution in [2.24, 2.45) is 16.3 Å². The van der Waals surface area contributed by atoms with E-state index in [1.807, 2.05) is 25.8 Å². The molecule has 0 bridgehead atoms. The molecule has 102 valence electrons. The van der Waals surface area contributed by atoms with Gasteiger partial charge in [0.05, 0.1) is 5.69 Å². The Hall–Kier alpha value is -1.11. The van der Waals surface area contributed by atoms with Crippen molar-refractivity contribution in [1.82, 2.24) is 0 Å². The number of rotatable bonds is 5. The van der Waals surface area contributed by atoms with Gasteiger partial charge in [-0.3, -0.25) is 0 Å². The number of anilines is 1. The first-order valence-electron chi connectivity index (χ1n) is 5.70. The Morgan fingerprint density at radius 2 is 1.83 bits per heavy atom. The summed E-state index contributed by atoms with van der Waals surface area (Å²) in [7, 11) is -1.88. The lowest BCUT2D eigenvalue weighted by molar-refractivity contribution is 0.384. The Balaban J connectivity index is 3.11. The number of sulfonamides is 1. The summed E-state index contributed by atoms with van der Waals surface area (Å²) in [6.07, 6.45) is 0. The van der Waals surface area contributed by atoms with Gasteiger partial charge < -0.3 is 10.6 Å². The second-order valence-electron chi connectivity index (χ2n) is 5.24. The van der Waals surface area contributed by atoms with E-state index >= 15 is 0 Å². The van der Waals surface area contributed by atoms with E-state index in [-0.39, 0.29) is 10.3 Å². The molecule has 0 amide bonds. The van der Waals surface area contributed by atoms with E-state index in [9.17, 15) is 8.42 Å². The summed E-state index contributed by atoms with van der Waals surface area (Å²) in [6.45, 7) is 5.23. The Morgan fingerprint density at radius 3 is 2.33 bits per heavy atom. The van der Waals surface area contributed by atoms with E-state index in [1.54, 1.807) is 18.2 Å². The van der Waals surface area contributed by atoms with Gasteiger partial charge in [0.1, 0.15) is 4.90 Å². The fourth-order valence-corrected chi connectivity index (χ4v) is 2.59. The summed E-state index contributed by atoms with van der Waals surface area (Å²) in [6, 6.07) is 6.70. The van der Waals surface area contributed by atoms with Crippen molar-refractivity contribution < 1.29 is 8.42 Å². The van der Waals surface area contributed by atoms with Crippen LogP contribution in [0.4, 0.5) is 5.69 Å². The van der Waals surface area contributed by atoms with Gasteiger partial charge in [0.25, 0.3) is 0 Å². The first-order chi connectivity index (χ1) is 8.17. The maximum Gasteiger partial charge on any atom is 0.240 e. The van der Waals surface area contributed by atoms with Crippen molar-refractivity contribution in [3.63, 3.8) is 0 Å². The third-order valence-electron chi connectivity index (χ3n) is 2.80. The molecule has 0 fully saturated rings. The van der Waals surface area contributed by atoms with Crippen LogP contribution in [-0.2, 0) is 10.0 Å². The van der Waals surface area contributed by atoms with Crippen LogP contribution in [0, 0.1) is 5.41 Å². The Kier molecular flexibility index (Phi) is 4.37. The SMILES string of the molecule is CN(CC(C)(C)CN)c1ccccc1S(N)(=O)=O. The fourth-order valence-electron chi connectivity index (χ4n) is 1.80. The number of hydrogen-bond acceptors (Lipinski definition) is 4. The highest BCUT2D eigenvalue weighted by Gasteiger charge is 2.22. The fraction of sp³-hybridized carbons (Fsp3) is 0.500. The van der Waals surface area contributed by atoms with Crippen LogP contribution in [0.25, 0.3) is 0 Å². The van der Waals surface area contributed by atoms with Gasteiger partial charge in [-0.05, 0) is 24.1 Å². The zero-order chi connectivity index (χ0) is 14.0. The van der Waals surface area contributed by atoms with E-state index in [2.05, 4.69) is 0 Å². The summed E-state index contributed by atoms with van der Waals surface area (Å²) < 4.78 is 23.0. The molecule has 0 atom stereocenters. The molecule has 1 aromatic rings. The lowest BCUT2D eigenvalue weighted by Crippen LogP contribution is -2.37. The molecule has 5 nitrogen and oxygen atoms in total. The molecule has 4 N–H and O–H groups in total. The van der Waals surface area contributed by atoms with Crippen molar-refractivity contribution in [3.05, 3.63) is 24.3 Å². The highest BCUT2D eigenvalue weighted by atomic mass is 32.2. The second-order valence-corrected chi connectivity index (χ2v) is 6.77. The average molecular weight is 271 g/mol. The molecule has 0 saturated heterocycles. The van der Waals surface area contributed by atoms with Gasteiger partial charge >= 0.3 is 0 Å². The highest BCUT2D eigenvalue weighted by molar-refractivity contribution is 7.89. The van der Waals surface area contributed by atoms with E-state index in [0.29, 0.717) is 18.8 Å². The second kappa shape index (κ2) is 5.26. The quantitative estimate of drug-likeness (QED) is 0.827. The van der Waals surface area contributed by atoms with Gasteiger partial charge in [-0.1, -0.05) is 26.0 Å². The minimum Gasteiger partial charge on any atom is -0.373 e. The van der Waals surface area contributed by atoms with Crippen LogP contribution in [0.15, 0.2) is 29.2 Å². The third kappa shape index (κ3) is 3.69. The zero-order valence-corrected chi connectivity index (χ0v) is 11.9. The van der Waals surface area contributed by atoms with E-state index in [1.165, 1.54) is 6.07 Å². The normalized spacial score (nSPS) is 12.5. The standard InChI is InChI=1S/C12H21N3O2S/c1-12(2,8-13)9-15(3)10-6-4-5-7-11(10)18(14,16)17/h4-7H,8-9,13H2,1-3H3,(H2,14,16,17). The number of hydrogen-bond donors (Lipinski definition) is 2. The maximum absolute atomic E-state index is 11.5. The molecule has 0 aromatic heterocycles. The zero-order valence-electron chi connectivity index (χ0n) is 11.1. The predicted octanol–water partition coefficient (Wildman–Crippen LogP) is 0.755. The van der Waals surface area contributed by atoms with Crippen molar-refractivity contribution in [2.45, 2.75) is 18.7 Å². The molecule has 0 saturated carbocycles. The van der Waals surface area contributed by atoms with Crippen LogP contribution >= 0.6 is 0 Å². The molecule has 0 spiro atoms. The summed E-state index contributed by atoms with van der Waals surface area (Å²) in [4.78, 5) is 2.01. The highest BCUT2D eigenvalue weighted by Crippen LogP contribution is 2.25. The Bertz CT molecular complexity index is 512. The Morgan fingerprint density at radius 1 is 1.28 bits per heavy atom. The molecule has 18 heavy (non-hydrogen) atoms. The number of benzene rings is 1. The van der Waals surface area contributed by atoms with Gasteiger partial charge in [-0.25, -0.2) is 13.6 Å². The first-order valence-corrected chi connectivity index (χ1v) is 7.25. The molecular formula is C12H21N3O2S. The molecule has 0 aliphatic carbocycles. The molecule has 0 unspecified atom stereocenters. The largest absolute Gasteiger partial charge is 0.373 e. The topological polar surface area (TPSA) is 89.4 Å². The van der Waals surface area contributed by atoms with Crippen LogP contribution in [0.5, 0.6) is 0 Å². The van der Waals surface area contributed by atoms with Crippen LogP contribution in [0.1, 0.15) is 13.8 Å². The number of nitrogens with zero attached hydrogens (tertiary/aromatic N) is 1. The van der Waals surface area contributed by atoms with Crippen LogP contribution in [0.3, 0.4) is 0 Å². The van der Waals surface area contributed by atoms with Gasteiger partial charge in [0, 0.05) is 13.6 Å². The van der Waals surface area contributed by atoms with E-state index in [4.69, 9.17) is 10.9 Å². The minimum atomic E-state index is -3.71. The van der Waals surface area contributed by atoms with Crippen LogP contribution in [0.2, 0.25) is 0 Å². The number of primary sulfonamides is 1. The predicted molar refractivity (Wildman–Crippen MR) is 73.9 cm³/mol. The van der Waals surface area contributed by atoms with Crippen molar-refractivity contribution in [1.29, 1.82) is 0 Å². The third-order valence-corrected chi connectivity index (χ3v) is 3.76.